The minimum Gasteiger partial charge on any atom is -0.544 e. The second-order valence-corrected chi connectivity index (χ2v) is 12.0. The van der Waals surface area contributed by atoms with Crippen LogP contribution in [0.2, 0.25) is 18.1 Å². The zero-order valence-corrected chi connectivity index (χ0v) is 15.1. The highest BCUT2D eigenvalue weighted by atomic mass is 28.4. The molecule has 0 aliphatic heterocycles. The molecule has 3 heteroatoms. The molecule has 0 N–H and O–H groups in total. The number of hydrogen-bond acceptors (Lipinski definition) is 1. The van der Waals surface area contributed by atoms with Gasteiger partial charge in [0.25, 0.3) is 0 Å². The standard InChI is InChI=1S/C19H25FOSi/c1-19(2,3)22(4,5)21-18-11-9-15(10-12-18)13-16-7-6-8-17(20)14-16/h6-12,14H,13H2,1-5H3. The molecular weight excluding hydrogens is 291 g/mol. The quantitative estimate of drug-likeness (QED) is 0.648. The molecule has 1 nitrogen and oxygen atoms in total. The summed E-state index contributed by atoms with van der Waals surface area (Å²) in [5.41, 5.74) is 2.14. The van der Waals surface area contributed by atoms with Gasteiger partial charge in [-0.3, -0.25) is 0 Å². The lowest BCUT2D eigenvalue weighted by atomic mass is 10.1. The van der Waals surface area contributed by atoms with Crippen molar-refractivity contribution in [2.24, 2.45) is 0 Å². The van der Waals surface area contributed by atoms with Gasteiger partial charge in [0.15, 0.2) is 0 Å². The molecule has 0 spiro atoms. The largest absolute Gasteiger partial charge is 0.544 e. The average molecular weight is 316 g/mol. The van der Waals surface area contributed by atoms with Gasteiger partial charge in [-0.15, -0.1) is 0 Å². The molecule has 0 unspecified atom stereocenters. The Bertz CT molecular complexity index is 627. The summed E-state index contributed by atoms with van der Waals surface area (Å²) in [5.74, 6) is 0.741. The van der Waals surface area contributed by atoms with Gasteiger partial charge in [0.1, 0.15) is 11.6 Å². The van der Waals surface area contributed by atoms with Crippen LogP contribution in [0.25, 0.3) is 0 Å². The summed E-state index contributed by atoms with van der Waals surface area (Å²) in [6, 6.07) is 14.9. The highest BCUT2D eigenvalue weighted by molar-refractivity contribution is 6.74. The molecule has 2 aromatic carbocycles. The van der Waals surface area contributed by atoms with Crippen molar-refractivity contribution in [2.45, 2.75) is 45.3 Å². The van der Waals surface area contributed by atoms with E-state index in [1.165, 1.54) is 6.07 Å². The van der Waals surface area contributed by atoms with Crippen LogP contribution in [-0.2, 0) is 6.42 Å². The van der Waals surface area contributed by atoms with Crippen molar-refractivity contribution in [1.29, 1.82) is 0 Å². The van der Waals surface area contributed by atoms with Crippen molar-refractivity contribution >= 4 is 8.32 Å². The summed E-state index contributed by atoms with van der Waals surface area (Å²) in [5, 5.41) is 0.188. The van der Waals surface area contributed by atoms with Gasteiger partial charge in [0.05, 0.1) is 0 Å². The number of rotatable bonds is 4. The smallest absolute Gasteiger partial charge is 0.250 e. The molecule has 0 radical (unpaired) electrons. The van der Waals surface area contributed by atoms with Gasteiger partial charge in [-0.1, -0.05) is 45.0 Å². The van der Waals surface area contributed by atoms with Crippen LogP contribution in [0.5, 0.6) is 5.75 Å². The highest BCUT2D eigenvalue weighted by Crippen LogP contribution is 2.37. The van der Waals surface area contributed by atoms with Crippen molar-refractivity contribution in [3.8, 4) is 5.75 Å². The fourth-order valence-electron chi connectivity index (χ4n) is 2.01. The first-order valence-corrected chi connectivity index (χ1v) is 10.6. The predicted octanol–water partition coefficient (Wildman–Crippen LogP) is 5.80. The Kier molecular flexibility index (Phi) is 4.76. The van der Waals surface area contributed by atoms with E-state index in [4.69, 9.17) is 4.43 Å². The normalized spacial score (nSPS) is 12.3. The molecule has 0 atom stereocenters. The van der Waals surface area contributed by atoms with E-state index in [0.29, 0.717) is 0 Å². The van der Waals surface area contributed by atoms with Crippen molar-refractivity contribution in [3.63, 3.8) is 0 Å². The summed E-state index contributed by atoms with van der Waals surface area (Å²) < 4.78 is 19.5. The molecular formula is C19H25FOSi. The van der Waals surface area contributed by atoms with E-state index < -0.39 is 8.32 Å². The van der Waals surface area contributed by atoms with Crippen LogP contribution in [0.15, 0.2) is 48.5 Å². The Labute approximate surface area is 134 Å². The topological polar surface area (TPSA) is 9.23 Å². The summed E-state index contributed by atoms with van der Waals surface area (Å²) in [6.07, 6.45) is 0.734. The molecule has 22 heavy (non-hydrogen) atoms. The van der Waals surface area contributed by atoms with Gasteiger partial charge in [-0.2, -0.15) is 0 Å². The van der Waals surface area contributed by atoms with Crippen LogP contribution in [0.1, 0.15) is 31.9 Å². The minimum absolute atomic E-state index is 0.185. The molecule has 0 aliphatic carbocycles. The Hall–Kier alpha value is -1.61. The molecule has 0 saturated heterocycles. The number of benzene rings is 2. The van der Waals surface area contributed by atoms with E-state index in [1.807, 2.05) is 18.2 Å². The van der Waals surface area contributed by atoms with Crippen LogP contribution in [-0.4, -0.2) is 8.32 Å². The van der Waals surface area contributed by atoms with Crippen molar-refractivity contribution in [1.82, 2.24) is 0 Å². The third-order valence-electron chi connectivity index (χ3n) is 4.40. The monoisotopic (exact) mass is 316 g/mol. The lowest BCUT2D eigenvalue weighted by Gasteiger charge is -2.36. The predicted molar refractivity (Wildman–Crippen MR) is 93.5 cm³/mol. The molecule has 0 aromatic heterocycles. The fraction of sp³-hybridized carbons (Fsp3) is 0.368. The first kappa shape index (κ1) is 16.8. The van der Waals surface area contributed by atoms with E-state index in [1.54, 1.807) is 12.1 Å². The van der Waals surface area contributed by atoms with Gasteiger partial charge in [-0.05, 0) is 59.9 Å². The third kappa shape index (κ3) is 4.20. The molecule has 118 valence electrons. The Morgan fingerprint density at radius 3 is 2.14 bits per heavy atom. The minimum atomic E-state index is -1.79. The molecule has 0 bridgehead atoms. The van der Waals surface area contributed by atoms with Crippen LogP contribution in [0.3, 0.4) is 0 Å². The molecule has 0 aliphatic rings. The van der Waals surface area contributed by atoms with Gasteiger partial charge in [-0.25, -0.2) is 4.39 Å². The zero-order valence-electron chi connectivity index (χ0n) is 14.1. The first-order chi connectivity index (χ1) is 10.2. The summed E-state index contributed by atoms with van der Waals surface area (Å²) in [7, 11) is -1.79. The van der Waals surface area contributed by atoms with Crippen LogP contribution in [0.4, 0.5) is 4.39 Å². The Balaban J connectivity index is 2.08. The molecule has 0 amide bonds. The maximum atomic E-state index is 13.2. The molecule has 0 heterocycles. The van der Waals surface area contributed by atoms with Gasteiger partial charge < -0.3 is 4.43 Å². The summed E-state index contributed by atoms with van der Waals surface area (Å²) >= 11 is 0. The maximum Gasteiger partial charge on any atom is 0.250 e. The molecule has 0 fully saturated rings. The van der Waals surface area contributed by atoms with E-state index in [9.17, 15) is 4.39 Å². The average Bonchev–Trinajstić information content (AvgIpc) is 2.39. The van der Waals surface area contributed by atoms with E-state index in [-0.39, 0.29) is 10.9 Å². The van der Waals surface area contributed by atoms with Crippen molar-refractivity contribution in [2.75, 3.05) is 0 Å². The van der Waals surface area contributed by atoms with Gasteiger partial charge in [0.2, 0.25) is 8.32 Å². The highest BCUT2D eigenvalue weighted by Gasteiger charge is 2.38. The zero-order chi connectivity index (χ0) is 16.4. The fourth-order valence-corrected chi connectivity index (χ4v) is 3.04. The summed E-state index contributed by atoms with van der Waals surface area (Å²) in [6.45, 7) is 11.2. The van der Waals surface area contributed by atoms with Crippen molar-refractivity contribution in [3.05, 3.63) is 65.5 Å². The lowest BCUT2D eigenvalue weighted by Crippen LogP contribution is -2.43. The second kappa shape index (κ2) is 6.25. The lowest BCUT2D eigenvalue weighted by molar-refractivity contribution is 0.492. The van der Waals surface area contributed by atoms with Gasteiger partial charge >= 0.3 is 0 Å². The number of halogens is 1. The molecule has 0 saturated carbocycles. The Morgan fingerprint density at radius 1 is 0.955 bits per heavy atom. The van der Waals surface area contributed by atoms with Crippen molar-refractivity contribution < 1.29 is 8.82 Å². The first-order valence-electron chi connectivity index (χ1n) is 7.70. The van der Waals surface area contributed by atoms with Crippen LogP contribution >= 0.6 is 0 Å². The SMILES string of the molecule is CC(C)(C)[Si](C)(C)Oc1ccc(Cc2cccc(F)c2)cc1. The third-order valence-corrected chi connectivity index (χ3v) is 8.76. The molecule has 2 rings (SSSR count). The van der Waals surface area contributed by atoms with E-state index in [0.717, 1.165) is 23.3 Å². The van der Waals surface area contributed by atoms with Crippen LogP contribution in [0, 0.1) is 5.82 Å². The van der Waals surface area contributed by atoms with Crippen LogP contribution < -0.4 is 4.43 Å². The Morgan fingerprint density at radius 2 is 1.59 bits per heavy atom. The number of hydrogen-bond donors (Lipinski definition) is 0. The second-order valence-electron chi connectivity index (χ2n) is 7.31. The maximum absolute atomic E-state index is 13.2. The van der Waals surface area contributed by atoms with E-state index in [2.05, 4.69) is 46.0 Å². The van der Waals surface area contributed by atoms with E-state index >= 15 is 0 Å². The van der Waals surface area contributed by atoms with Gasteiger partial charge in [0, 0.05) is 0 Å². The summed E-state index contributed by atoms with van der Waals surface area (Å²) in [4.78, 5) is 0. The molecule has 2 aromatic rings.